The van der Waals surface area contributed by atoms with Crippen molar-refractivity contribution in [2.45, 2.75) is 52.7 Å². The van der Waals surface area contributed by atoms with Gasteiger partial charge in [-0.2, -0.15) is 0 Å². The molecule has 0 unspecified atom stereocenters. The third-order valence-electron chi connectivity index (χ3n) is 2.90. The van der Waals surface area contributed by atoms with Gasteiger partial charge >= 0.3 is 0 Å². The fraction of sp³-hybridized carbons (Fsp3) is 0.571. The average molecular weight is 278 g/mol. The fourth-order valence-electron chi connectivity index (χ4n) is 1.73. The SMILES string of the molecule is CCc1ccc(CNCc2cn(C(C)(C)C)nn2)s1. The molecule has 0 fully saturated rings. The fourth-order valence-corrected chi connectivity index (χ4v) is 2.66. The summed E-state index contributed by atoms with van der Waals surface area (Å²) in [4.78, 5) is 2.82. The molecule has 0 aliphatic carbocycles. The Morgan fingerprint density at radius 2 is 1.95 bits per heavy atom. The molecule has 1 N–H and O–H groups in total. The van der Waals surface area contributed by atoms with Crippen molar-refractivity contribution in [3.8, 4) is 0 Å². The molecule has 0 aromatic carbocycles. The summed E-state index contributed by atoms with van der Waals surface area (Å²) in [6.45, 7) is 10.2. The van der Waals surface area contributed by atoms with Crippen LogP contribution in [0, 0.1) is 0 Å². The Labute approximate surface area is 118 Å². The van der Waals surface area contributed by atoms with E-state index in [0.717, 1.165) is 25.2 Å². The molecular weight excluding hydrogens is 256 g/mol. The van der Waals surface area contributed by atoms with E-state index >= 15 is 0 Å². The summed E-state index contributed by atoms with van der Waals surface area (Å²) >= 11 is 1.87. The van der Waals surface area contributed by atoms with Gasteiger partial charge in [0.25, 0.3) is 0 Å². The molecule has 5 heteroatoms. The molecule has 0 aliphatic rings. The highest BCUT2D eigenvalue weighted by molar-refractivity contribution is 7.11. The van der Waals surface area contributed by atoms with E-state index in [1.165, 1.54) is 9.75 Å². The highest BCUT2D eigenvalue weighted by Gasteiger charge is 2.14. The third-order valence-corrected chi connectivity index (χ3v) is 4.13. The van der Waals surface area contributed by atoms with E-state index in [4.69, 9.17) is 0 Å². The molecule has 2 rings (SSSR count). The molecule has 0 spiro atoms. The van der Waals surface area contributed by atoms with Gasteiger partial charge < -0.3 is 5.32 Å². The van der Waals surface area contributed by atoms with Crippen LogP contribution in [0.2, 0.25) is 0 Å². The third kappa shape index (κ3) is 3.88. The van der Waals surface area contributed by atoms with E-state index < -0.39 is 0 Å². The maximum absolute atomic E-state index is 4.19. The predicted octanol–water partition coefficient (Wildman–Crippen LogP) is 2.95. The maximum atomic E-state index is 4.19. The summed E-state index contributed by atoms with van der Waals surface area (Å²) in [5.74, 6) is 0. The van der Waals surface area contributed by atoms with Crippen LogP contribution in [-0.2, 0) is 25.0 Å². The number of hydrogen-bond acceptors (Lipinski definition) is 4. The molecule has 4 nitrogen and oxygen atoms in total. The van der Waals surface area contributed by atoms with Gasteiger partial charge in [-0.25, -0.2) is 4.68 Å². The van der Waals surface area contributed by atoms with Gasteiger partial charge in [-0.05, 0) is 39.3 Å². The van der Waals surface area contributed by atoms with Crippen LogP contribution in [0.3, 0.4) is 0 Å². The van der Waals surface area contributed by atoms with Crippen LogP contribution in [0.1, 0.15) is 43.1 Å². The first-order valence-corrected chi connectivity index (χ1v) is 7.50. The van der Waals surface area contributed by atoms with Crippen LogP contribution in [0.25, 0.3) is 0 Å². The zero-order chi connectivity index (χ0) is 13.9. The van der Waals surface area contributed by atoms with Crippen LogP contribution in [-0.4, -0.2) is 15.0 Å². The first kappa shape index (κ1) is 14.2. The standard InChI is InChI=1S/C14H22N4S/c1-5-12-6-7-13(19-12)9-15-8-11-10-18(17-16-11)14(2,3)4/h6-7,10,15H,5,8-9H2,1-4H3. The molecule has 2 aromatic heterocycles. The van der Waals surface area contributed by atoms with Crippen molar-refractivity contribution >= 4 is 11.3 Å². The van der Waals surface area contributed by atoms with Crippen molar-refractivity contribution < 1.29 is 0 Å². The van der Waals surface area contributed by atoms with Crippen molar-refractivity contribution in [2.24, 2.45) is 0 Å². The summed E-state index contributed by atoms with van der Waals surface area (Å²) in [5, 5.41) is 11.8. The van der Waals surface area contributed by atoms with E-state index in [2.05, 4.69) is 55.5 Å². The van der Waals surface area contributed by atoms with Crippen molar-refractivity contribution in [2.75, 3.05) is 0 Å². The molecule has 0 saturated carbocycles. The number of nitrogens with zero attached hydrogens (tertiary/aromatic N) is 3. The van der Waals surface area contributed by atoms with E-state index in [1.54, 1.807) is 0 Å². The van der Waals surface area contributed by atoms with Crippen molar-refractivity contribution in [1.29, 1.82) is 0 Å². The Morgan fingerprint density at radius 3 is 2.53 bits per heavy atom. The summed E-state index contributed by atoms with van der Waals surface area (Å²) in [6, 6.07) is 4.40. The quantitative estimate of drug-likeness (QED) is 0.914. The molecule has 19 heavy (non-hydrogen) atoms. The number of rotatable bonds is 5. The van der Waals surface area contributed by atoms with Crippen molar-refractivity contribution in [1.82, 2.24) is 20.3 Å². The summed E-state index contributed by atoms with van der Waals surface area (Å²) < 4.78 is 1.91. The zero-order valence-corrected chi connectivity index (χ0v) is 12.9. The monoisotopic (exact) mass is 278 g/mol. The predicted molar refractivity (Wildman–Crippen MR) is 79.3 cm³/mol. The first-order valence-electron chi connectivity index (χ1n) is 6.69. The smallest absolute Gasteiger partial charge is 0.0965 e. The van der Waals surface area contributed by atoms with Gasteiger partial charge in [0.1, 0.15) is 0 Å². The number of thiophene rings is 1. The van der Waals surface area contributed by atoms with Gasteiger partial charge in [-0.1, -0.05) is 12.1 Å². The second-order valence-corrected chi connectivity index (χ2v) is 6.90. The van der Waals surface area contributed by atoms with Gasteiger partial charge in [0, 0.05) is 22.8 Å². The van der Waals surface area contributed by atoms with E-state index in [1.807, 2.05) is 22.2 Å². The van der Waals surface area contributed by atoms with Crippen LogP contribution < -0.4 is 5.32 Å². The molecular formula is C14H22N4S. The van der Waals surface area contributed by atoms with E-state index in [-0.39, 0.29) is 5.54 Å². The zero-order valence-electron chi connectivity index (χ0n) is 12.1. The molecule has 0 atom stereocenters. The van der Waals surface area contributed by atoms with E-state index in [9.17, 15) is 0 Å². The lowest BCUT2D eigenvalue weighted by Crippen LogP contribution is -2.22. The Hall–Kier alpha value is -1.20. The summed E-state index contributed by atoms with van der Waals surface area (Å²) in [7, 11) is 0. The minimum Gasteiger partial charge on any atom is -0.306 e. The highest BCUT2D eigenvalue weighted by Crippen LogP contribution is 2.16. The average Bonchev–Trinajstić information content (AvgIpc) is 2.96. The lowest BCUT2D eigenvalue weighted by atomic mass is 10.1. The normalized spacial score (nSPS) is 12.0. The lowest BCUT2D eigenvalue weighted by Gasteiger charge is -2.17. The number of aromatic nitrogens is 3. The summed E-state index contributed by atoms with van der Waals surface area (Å²) in [5.41, 5.74) is 0.983. The van der Waals surface area contributed by atoms with Crippen molar-refractivity contribution in [3.05, 3.63) is 33.8 Å². The Morgan fingerprint density at radius 1 is 1.21 bits per heavy atom. The second-order valence-electron chi connectivity index (χ2n) is 5.65. The first-order chi connectivity index (χ1) is 8.99. The number of nitrogens with one attached hydrogen (secondary N) is 1. The van der Waals surface area contributed by atoms with E-state index in [0.29, 0.717) is 0 Å². The largest absolute Gasteiger partial charge is 0.306 e. The number of aryl methyl sites for hydroxylation is 1. The molecule has 0 radical (unpaired) electrons. The van der Waals surface area contributed by atoms with Crippen LogP contribution in [0.4, 0.5) is 0 Å². The Kier molecular flexibility index (Phi) is 4.37. The van der Waals surface area contributed by atoms with Gasteiger partial charge in [-0.3, -0.25) is 0 Å². The number of hydrogen-bond donors (Lipinski definition) is 1. The molecule has 104 valence electrons. The van der Waals surface area contributed by atoms with Crippen LogP contribution >= 0.6 is 11.3 Å². The molecule has 0 aliphatic heterocycles. The van der Waals surface area contributed by atoms with Gasteiger partial charge in [-0.15, -0.1) is 16.4 Å². The molecule has 0 bridgehead atoms. The van der Waals surface area contributed by atoms with Gasteiger partial charge in [0.05, 0.1) is 17.4 Å². The van der Waals surface area contributed by atoms with Crippen LogP contribution in [0.5, 0.6) is 0 Å². The molecule has 2 heterocycles. The summed E-state index contributed by atoms with van der Waals surface area (Å²) in [6.07, 6.45) is 3.13. The molecule has 0 saturated heterocycles. The topological polar surface area (TPSA) is 42.7 Å². The molecule has 0 amide bonds. The van der Waals surface area contributed by atoms with Crippen molar-refractivity contribution in [3.63, 3.8) is 0 Å². The minimum absolute atomic E-state index is 0.00493. The Bertz CT molecular complexity index is 522. The van der Waals surface area contributed by atoms with Gasteiger partial charge in [0.15, 0.2) is 0 Å². The van der Waals surface area contributed by atoms with Crippen LogP contribution in [0.15, 0.2) is 18.3 Å². The Balaban J connectivity index is 1.84. The lowest BCUT2D eigenvalue weighted by molar-refractivity contribution is 0.347. The second kappa shape index (κ2) is 5.84. The maximum Gasteiger partial charge on any atom is 0.0965 e. The van der Waals surface area contributed by atoms with Gasteiger partial charge in [0.2, 0.25) is 0 Å². The highest BCUT2D eigenvalue weighted by atomic mass is 32.1. The minimum atomic E-state index is -0.00493. The molecule has 2 aromatic rings.